The third kappa shape index (κ3) is 4.93. The molecule has 0 aromatic heterocycles. The number of fused-ring (bicyclic) bond motifs is 1. The minimum absolute atomic E-state index is 0.0332. The molecule has 1 aliphatic heterocycles. The van der Waals surface area contributed by atoms with Crippen molar-refractivity contribution in [3.63, 3.8) is 0 Å². The lowest BCUT2D eigenvalue weighted by Crippen LogP contribution is -2.38. The number of esters is 1. The molecule has 0 radical (unpaired) electrons. The Hall–Kier alpha value is -3.35. The maximum Gasteiger partial charge on any atom is 0.325 e. The number of nitrogens with zero attached hydrogens (tertiary/aromatic N) is 1. The van der Waals surface area contributed by atoms with E-state index < -0.39 is 12.0 Å². The van der Waals surface area contributed by atoms with E-state index in [0.717, 1.165) is 23.2 Å². The van der Waals surface area contributed by atoms with Gasteiger partial charge in [0.1, 0.15) is 6.54 Å². The van der Waals surface area contributed by atoms with Gasteiger partial charge >= 0.3 is 12.0 Å². The topological polar surface area (TPSA) is 87.7 Å². The summed E-state index contributed by atoms with van der Waals surface area (Å²) in [6.45, 7) is 4.11. The molecule has 7 heteroatoms. The largest absolute Gasteiger partial charge is 0.465 e. The first-order valence-electron chi connectivity index (χ1n) is 9.67. The first kappa shape index (κ1) is 20.4. The standard InChI is InChI=1S/C22H25N3O4/c1-3-29-20(26)14-24-22(28)23-13-16-9-10-18-11-15(2)25(19(18)12-16)21(27)17-7-5-4-6-8-17/h4-10,12,15H,3,11,13-14H2,1-2H3,(H2,23,24,28)/t15-/m0/s1. The van der Waals surface area contributed by atoms with Gasteiger partial charge in [-0.25, -0.2) is 4.79 Å². The molecule has 152 valence electrons. The van der Waals surface area contributed by atoms with Crippen molar-refractivity contribution in [1.82, 2.24) is 10.6 Å². The van der Waals surface area contributed by atoms with Crippen LogP contribution < -0.4 is 15.5 Å². The highest BCUT2D eigenvalue weighted by molar-refractivity contribution is 6.07. The van der Waals surface area contributed by atoms with Gasteiger partial charge in [0.05, 0.1) is 6.61 Å². The second-order valence-corrected chi connectivity index (χ2v) is 6.90. The molecule has 1 heterocycles. The zero-order chi connectivity index (χ0) is 20.8. The number of carbonyl (C=O) groups excluding carboxylic acids is 3. The molecule has 0 saturated heterocycles. The van der Waals surface area contributed by atoms with Gasteiger partial charge in [-0.15, -0.1) is 0 Å². The predicted octanol–water partition coefficient (Wildman–Crippen LogP) is 2.64. The Balaban J connectivity index is 1.66. The molecule has 1 aliphatic rings. The SMILES string of the molecule is CCOC(=O)CNC(=O)NCc1ccc2c(c1)N(C(=O)c1ccccc1)[C@@H](C)C2. The first-order chi connectivity index (χ1) is 14.0. The Kier molecular flexibility index (Phi) is 6.49. The molecule has 3 amide bonds. The second kappa shape index (κ2) is 9.23. The van der Waals surface area contributed by atoms with Crippen LogP contribution in [0.3, 0.4) is 0 Å². The fraction of sp³-hybridized carbons (Fsp3) is 0.318. The van der Waals surface area contributed by atoms with Gasteiger partial charge in [-0.1, -0.05) is 30.3 Å². The molecule has 3 rings (SSSR count). The van der Waals surface area contributed by atoms with Gasteiger partial charge in [0.25, 0.3) is 5.91 Å². The number of benzene rings is 2. The monoisotopic (exact) mass is 395 g/mol. The zero-order valence-corrected chi connectivity index (χ0v) is 16.6. The fourth-order valence-corrected chi connectivity index (χ4v) is 3.40. The van der Waals surface area contributed by atoms with Crippen LogP contribution in [-0.4, -0.2) is 37.1 Å². The number of urea groups is 1. The van der Waals surface area contributed by atoms with Crippen LogP contribution >= 0.6 is 0 Å². The number of nitrogens with one attached hydrogen (secondary N) is 2. The maximum absolute atomic E-state index is 13.0. The van der Waals surface area contributed by atoms with Gasteiger partial charge in [0.2, 0.25) is 0 Å². The lowest BCUT2D eigenvalue weighted by molar-refractivity contribution is -0.141. The van der Waals surface area contributed by atoms with E-state index in [1.54, 1.807) is 6.92 Å². The van der Waals surface area contributed by atoms with Gasteiger partial charge in [0.15, 0.2) is 0 Å². The van der Waals surface area contributed by atoms with Crippen LogP contribution in [0.5, 0.6) is 0 Å². The summed E-state index contributed by atoms with van der Waals surface area (Å²) in [5, 5.41) is 5.17. The minimum atomic E-state index is -0.482. The molecule has 2 aromatic carbocycles. The smallest absolute Gasteiger partial charge is 0.325 e. The van der Waals surface area contributed by atoms with Crippen molar-refractivity contribution >= 4 is 23.6 Å². The molecule has 2 aromatic rings. The molecule has 0 aliphatic carbocycles. The summed E-state index contributed by atoms with van der Waals surface area (Å²) in [4.78, 5) is 38.0. The molecule has 0 spiro atoms. The van der Waals surface area contributed by atoms with Crippen LogP contribution in [0, 0.1) is 0 Å². The summed E-state index contributed by atoms with van der Waals surface area (Å²) >= 11 is 0. The second-order valence-electron chi connectivity index (χ2n) is 6.90. The number of amides is 3. The van der Waals surface area contributed by atoms with Gasteiger partial charge in [-0.05, 0) is 49.6 Å². The van der Waals surface area contributed by atoms with Crippen LogP contribution in [0.4, 0.5) is 10.5 Å². The van der Waals surface area contributed by atoms with Crippen molar-refractivity contribution in [3.8, 4) is 0 Å². The van der Waals surface area contributed by atoms with Gasteiger partial charge in [-0.3, -0.25) is 9.59 Å². The lowest BCUT2D eigenvalue weighted by atomic mass is 10.1. The summed E-state index contributed by atoms with van der Waals surface area (Å²) in [5.74, 6) is -0.515. The van der Waals surface area contributed by atoms with E-state index in [4.69, 9.17) is 4.74 Å². The molecule has 0 bridgehead atoms. The van der Waals surface area contributed by atoms with Crippen molar-refractivity contribution in [2.45, 2.75) is 32.9 Å². The van der Waals surface area contributed by atoms with Crippen LogP contribution in [0.15, 0.2) is 48.5 Å². The highest BCUT2D eigenvalue weighted by Gasteiger charge is 2.31. The molecule has 2 N–H and O–H groups in total. The number of anilines is 1. The molecule has 7 nitrogen and oxygen atoms in total. The molecule has 0 fully saturated rings. The van der Waals surface area contributed by atoms with Crippen LogP contribution in [0.25, 0.3) is 0 Å². The molecule has 0 unspecified atom stereocenters. The van der Waals surface area contributed by atoms with E-state index in [1.165, 1.54) is 0 Å². The highest BCUT2D eigenvalue weighted by Crippen LogP contribution is 2.34. The molecular weight excluding hydrogens is 370 g/mol. The average molecular weight is 395 g/mol. The van der Waals surface area contributed by atoms with Gasteiger partial charge in [0, 0.05) is 23.8 Å². The summed E-state index contributed by atoms with van der Waals surface area (Å²) in [5.41, 5.74) is 3.50. The number of hydrogen-bond acceptors (Lipinski definition) is 4. The first-order valence-corrected chi connectivity index (χ1v) is 9.67. The summed E-state index contributed by atoms with van der Waals surface area (Å²) in [7, 11) is 0. The number of rotatable bonds is 6. The van der Waals surface area contributed by atoms with Crippen LogP contribution in [0.1, 0.15) is 35.3 Å². The Labute approximate surface area is 170 Å². The van der Waals surface area contributed by atoms with Gasteiger partial charge < -0.3 is 20.3 Å². The number of hydrogen-bond donors (Lipinski definition) is 2. The summed E-state index contributed by atoms with van der Waals surface area (Å²) in [6.07, 6.45) is 0.793. The molecule has 29 heavy (non-hydrogen) atoms. The number of carbonyl (C=O) groups is 3. The van der Waals surface area contributed by atoms with Crippen molar-refractivity contribution in [2.75, 3.05) is 18.1 Å². The van der Waals surface area contributed by atoms with E-state index in [1.807, 2.05) is 60.4 Å². The van der Waals surface area contributed by atoms with E-state index in [0.29, 0.717) is 5.56 Å². The lowest BCUT2D eigenvalue weighted by Gasteiger charge is -2.23. The quantitative estimate of drug-likeness (QED) is 0.736. The Morgan fingerprint density at radius 2 is 1.86 bits per heavy atom. The Morgan fingerprint density at radius 3 is 2.59 bits per heavy atom. The average Bonchev–Trinajstić information content (AvgIpc) is 3.06. The van der Waals surface area contributed by atoms with Crippen LogP contribution in [0.2, 0.25) is 0 Å². The van der Waals surface area contributed by atoms with Crippen molar-refractivity contribution in [1.29, 1.82) is 0 Å². The molecule has 0 saturated carbocycles. The Bertz CT molecular complexity index is 898. The molecular formula is C22H25N3O4. The summed E-state index contributed by atoms with van der Waals surface area (Å²) in [6, 6.07) is 14.7. The Morgan fingerprint density at radius 1 is 1.10 bits per heavy atom. The van der Waals surface area contributed by atoms with E-state index in [9.17, 15) is 14.4 Å². The maximum atomic E-state index is 13.0. The predicted molar refractivity (Wildman–Crippen MR) is 110 cm³/mol. The van der Waals surface area contributed by atoms with Crippen molar-refractivity contribution < 1.29 is 19.1 Å². The highest BCUT2D eigenvalue weighted by atomic mass is 16.5. The number of ether oxygens (including phenoxy) is 1. The third-order valence-corrected chi connectivity index (χ3v) is 4.76. The zero-order valence-electron chi connectivity index (χ0n) is 16.6. The van der Waals surface area contributed by atoms with E-state index >= 15 is 0 Å². The van der Waals surface area contributed by atoms with E-state index in [-0.39, 0.29) is 31.6 Å². The summed E-state index contributed by atoms with van der Waals surface area (Å²) < 4.78 is 4.77. The van der Waals surface area contributed by atoms with Crippen molar-refractivity contribution in [2.24, 2.45) is 0 Å². The van der Waals surface area contributed by atoms with Gasteiger partial charge in [-0.2, -0.15) is 0 Å². The molecule has 1 atom stereocenters. The van der Waals surface area contributed by atoms with E-state index in [2.05, 4.69) is 10.6 Å². The normalized spacial score (nSPS) is 14.8. The van der Waals surface area contributed by atoms with Crippen LogP contribution in [-0.2, 0) is 22.5 Å². The minimum Gasteiger partial charge on any atom is -0.465 e. The van der Waals surface area contributed by atoms with Crippen molar-refractivity contribution in [3.05, 3.63) is 65.2 Å². The third-order valence-electron chi connectivity index (χ3n) is 4.76. The fourth-order valence-electron chi connectivity index (χ4n) is 3.40.